The number of hydrogen-bond donors (Lipinski definition) is 0. The highest BCUT2D eigenvalue weighted by Gasteiger charge is 2.56. The van der Waals surface area contributed by atoms with Gasteiger partial charge < -0.3 is 0 Å². The largest absolute Gasteiger partial charge is 0.286 e. The maximum Gasteiger partial charge on any atom is 0.234 e. The van der Waals surface area contributed by atoms with Crippen LogP contribution in [0.25, 0.3) is 10.8 Å². The van der Waals surface area contributed by atoms with Crippen LogP contribution in [0.4, 0.5) is 11.4 Å². The second-order valence-electron chi connectivity index (χ2n) is 10.6. The van der Waals surface area contributed by atoms with E-state index in [4.69, 9.17) is 10.2 Å². The molecule has 6 aromatic carbocycles. The lowest BCUT2D eigenvalue weighted by molar-refractivity contribution is 0.106. The van der Waals surface area contributed by atoms with Crippen molar-refractivity contribution in [1.29, 1.82) is 0 Å². The summed E-state index contributed by atoms with van der Waals surface area (Å²) in [5, 5.41) is 17.3. The Hall–Kier alpha value is -5.46. The molecule has 0 N–H and O–H groups in total. The summed E-state index contributed by atoms with van der Waals surface area (Å²) in [6.07, 6.45) is 0. The first-order valence-electron chi connectivity index (χ1n) is 14.5. The molecule has 2 heterocycles. The smallest absolute Gasteiger partial charge is 0.234 e. The third-order valence-corrected chi connectivity index (χ3v) is 9.32. The minimum atomic E-state index is -1.02. The fraction of sp³-hybridized carbons (Fsp3) is 0.0263. The van der Waals surface area contributed by atoms with Crippen molar-refractivity contribution < 1.29 is 4.79 Å². The SMILES string of the molecule is O=C(C1=NN(c2ccccc2)[C@]2(S1)c1ccccc1C(c1cccc3ccccc13)=NN2c1ccccc1)c1ccccc1. The molecule has 0 saturated carbocycles. The number of Topliss-reactive ketones (excluding diaryl/α,β-unsaturated/α-hetero) is 1. The summed E-state index contributed by atoms with van der Waals surface area (Å²) in [5.41, 5.74) is 6.24. The lowest BCUT2D eigenvalue weighted by atomic mass is 9.91. The molecule has 8 rings (SSSR count). The van der Waals surface area contributed by atoms with Crippen molar-refractivity contribution in [2.45, 2.75) is 4.99 Å². The van der Waals surface area contributed by atoms with E-state index in [9.17, 15) is 4.79 Å². The van der Waals surface area contributed by atoms with E-state index in [1.165, 1.54) is 11.8 Å². The number of hydrogen-bond acceptors (Lipinski definition) is 6. The number of thioether (sulfide) groups is 1. The number of nitrogens with zero attached hydrogens (tertiary/aromatic N) is 4. The molecule has 44 heavy (non-hydrogen) atoms. The standard InChI is InChI=1S/C38H26N4OS/c43-36(28-16-4-1-5-17-28)37-40-42(30-21-8-3-9-22-30)38(44-37)34-26-13-12-24-33(34)35(39-41(38)29-19-6-2-7-20-29)32-25-14-18-27-15-10-11-23-31(27)32/h1-26H/t38-/m0/s1. The Morgan fingerprint density at radius 2 is 1.09 bits per heavy atom. The average Bonchev–Trinajstić information content (AvgIpc) is 3.50. The van der Waals surface area contributed by atoms with Gasteiger partial charge in [0.05, 0.1) is 17.1 Å². The van der Waals surface area contributed by atoms with Crippen LogP contribution in [0, 0.1) is 0 Å². The molecule has 2 aliphatic rings. The zero-order valence-electron chi connectivity index (χ0n) is 23.6. The van der Waals surface area contributed by atoms with Gasteiger partial charge in [0.15, 0.2) is 5.04 Å². The summed E-state index contributed by atoms with van der Waals surface area (Å²) >= 11 is 1.43. The van der Waals surface area contributed by atoms with Gasteiger partial charge in [0.1, 0.15) is 0 Å². The third kappa shape index (κ3) is 4.14. The molecule has 0 aromatic heterocycles. The Bertz CT molecular complexity index is 2070. The average molecular weight is 587 g/mol. The molecule has 5 nitrogen and oxygen atoms in total. The molecule has 210 valence electrons. The summed E-state index contributed by atoms with van der Waals surface area (Å²) in [5.74, 6) is -0.122. The molecule has 0 fully saturated rings. The van der Waals surface area contributed by atoms with Gasteiger partial charge in [-0.3, -0.25) is 4.79 Å². The Kier molecular flexibility index (Phi) is 6.35. The van der Waals surface area contributed by atoms with Gasteiger partial charge in [0.2, 0.25) is 10.8 Å². The highest BCUT2D eigenvalue weighted by atomic mass is 32.2. The highest BCUT2D eigenvalue weighted by Crippen LogP contribution is 2.55. The monoisotopic (exact) mass is 586 g/mol. The van der Waals surface area contributed by atoms with Crippen LogP contribution in [-0.2, 0) is 4.99 Å². The Balaban J connectivity index is 1.41. The molecule has 0 amide bonds. The van der Waals surface area contributed by atoms with Crippen molar-refractivity contribution in [3.63, 3.8) is 0 Å². The van der Waals surface area contributed by atoms with Gasteiger partial charge in [-0.1, -0.05) is 133 Å². The molecule has 0 bridgehead atoms. The summed E-state index contributed by atoms with van der Waals surface area (Å²) in [7, 11) is 0. The number of carbonyl (C=O) groups is 1. The topological polar surface area (TPSA) is 48.3 Å². The van der Waals surface area contributed by atoms with E-state index in [0.29, 0.717) is 10.6 Å². The molecule has 0 aliphatic carbocycles. The van der Waals surface area contributed by atoms with Crippen LogP contribution in [0.3, 0.4) is 0 Å². The van der Waals surface area contributed by atoms with Crippen molar-refractivity contribution in [3.05, 3.63) is 180 Å². The Labute approximate surface area is 259 Å². The van der Waals surface area contributed by atoms with Crippen LogP contribution in [0.1, 0.15) is 27.0 Å². The van der Waals surface area contributed by atoms with Crippen LogP contribution in [-0.4, -0.2) is 16.5 Å². The lowest BCUT2D eigenvalue weighted by Gasteiger charge is -2.47. The number of benzene rings is 6. The van der Waals surface area contributed by atoms with Crippen molar-refractivity contribution >= 4 is 50.4 Å². The first-order valence-corrected chi connectivity index (χ1v) is 15.3. The van der Waals surface area contributed by atoms with E-state index in [1.807, 2.05) is 88.9 Å². The second kappa shape index (κ2) is 10.7. The van der Waals surface area contributed by atoms with Crippen LogP contribution >= 0.6 is 11.8 Å². The lowest BCUT2D eigenvalue weighted by Crippen LogP contribution is -2.54. The molecular formula is C38H26N4OS. The van der Waals surface area contributed by atoms with Gasteiger partial charge in [-0.25, -0.2) is 10.0 Å². The first kappa shape index (κ1) is 26.2. The van der Waals surface area contributed by atoms with Crippen molar-refractivity contribution in [2.75, 3.05) is 10.0 Å². The number of para-hydroxylation sites is 2. The molecular weight excluding hydrogens is 561 g/mol. The number of hydrazone groups is 2. The van der Waals surface area contributed by atoms with E-state index in [0.717, 1.165) is 44.5 Å². The van der Waals surface area contributed by atoms with Crippen LogP contribution in [0.15, 0.2) is 168 Å². The molecule has 0 saturated heterocycles. The molecule has 0 radical (unpaired) electrons. The zero-order chi connectivity index (χ0) is 29.5. The molecule has 0 unspecified atom stereocenters. The van der Waals surface area contributed by atoms with E-state index in [2.05, 4.69) is 78.9 Å². The maximum atomic E-state index is 14.0. The fourth-order valence-electron chi connectivity index (χ4n) is 6.01. The molecule has 1 atom stereocenters. The van der Waals surface area contributed by atoms with Gasteiger partial charge in [0.25, 0.3) is 0 Å². The van der Waals surface area contributed by atoms with Crippen molar-refractivity contribution in [3.8, 4) is 0 Å². The van der Waals surface area contributed by atoms with E-state index < -0.39 is 4.99 Å². The number of fused-ring (bicyclic) bond motifs is 3. The minimum absolute atomic E-state index is 0.122. The van der Waals surface area contributed by atoms with Crippen molar-refractivity contribution in [2.24, 2.45) is 10.2 Å². The molecule has 2 aliphatic heterocycles. The second-order valence-corrected chi connectivity index (χ2v) is 11.8. The zero-order valence-corrected chi connectivity index (χ0v) is 24.4. The molecule has 6 heteroatoms. The molecule has 1 spiro atoms. The number of carbonyl (C=O) groups excluding carboxylic acids is 1. The molecule has 6 aromatic rings. The summed E-state index contributed by atoms with van der Waals surface area (Å²) < 4.78 is 0. The van der Waals surface area contributed by atoms with E-state index in [-0.39, 0.29) is 5.78 Å². The summed E-state index contributed by atoms with van der Waals surface area (Å²) in [6, 6.07) is 52.6. The predicted molar refractivity (Wildman–Crippen MR) is 181 cm³/mol. The highest BCUT2D eigenvalue weighted by molar-refractivity contribution is 8.17. The summed E-state index contributed by atoms with van der Waals surface area (Å²) in [4.78, 5) is 13.0. The van der Waals surface area contributed by atoms with Crippen LogP contribution in [0.5, 0.6) is 0 Å². The Morgan fingerprint density at radius 3 is 1.82 bits per heavy atom. The minimum Gasteiger partial charge on any atom is -0.286 e. The summed E-state index contributed by atoms with van der Waals surface area (Å²) in [6.45, 7) is 0. The normalized spacial score (nSPS) is 17.4. The fourth-order valence-corrected chi connectivity index (χ4v) is 7.36. The maximum absolute atomic E-state index is 14.0. The van der Waals surface area contributed by atoms with Gasteiger partial charge in [-0.2, -0.15) is 10.2 Å². The van der Waals surface area contributed by atoms with E-state index in [1.54, 1.807) is 0 Å². The third-order valence-electron chi connectivity index (χ3n) is 8.01. The van der Waals surface area contributed by atoms with Gasteiger partial charge in [0, 0.05) is 22.3 Å². The quantitative estimate of drug-likeness (QED) is 0.190. The van der Waals surface area contributed by atoms with Gasteiger partial charge in [-0.15, -0.1) is 0 Å². The number of ketones is 1. The van der Waals surface area contributed by atoms with E-state index >= 15 is 0 Å². The van der Waals surface area contributed by atoms with Crippen LogP contribution < -0.4 is 10.0 Å². The van der Waals surface area contributed by atoms with Gasteiger partial charge in [-0.05, 0) is 46.8 Å². The number of rotatable bonds is 5. The van der Waals surface area contributed by atoms with Crippen molar-refractivity contribution in [1.82, 2.24) is 0 Å². The predicted octanol–water partition coefficient (Wildman–Crippen LogP) is 8.67. The van der Waals surface area contributed by atoms with Crippen LogP contribution in [0.2, 0.25) is 0 Å². The number of anilines is 2. The van der Waals surface area contributed by atoms with Gasteiger partial charge >= 0.3 is 0 Å². The Morgan fingerprint density at radius 1 is 0.545 bits per heavy atom. The first-order chi connectivity index (χ1) is 21.7.